The molecule has 178 valence electrons. The number of benzene rings is 1. The van der Waals surface area contributed by atoms with Crippen LogP contribution in [0.1, 0.15) is 48.2 Å². The Bertz CT molecular complexity index is 958. The van der Waals surface area contributed by atoms with Gasteiger partial charge in [-0.2, -0.15) is 0 Å². The van der Waals surface area contributed by atoms with Crippen LogP contribution in [0.5, 0.6) is 5.75 Å². The van der Waals surface area contributed by atoms with Crippen LogP contribution in [-0.4, -0.2) is 66.2 Å². The second-order valence-corrected chi connectivity index (χ2v) is 8.68. The monoisotopic (exact) mass is 459 g/mol. The highest BCUT2D eigenvalue weighted by molar-refractivity contribution is 5.95. The maximum atomic E-state index is 14.4. The average molecular weight is 460 g/mol. The molecule has 3 heterocycles. The molecule has 2 aliphatic rings. The van der Waals surface area contributed by atoms with Gasteiger partial charge >= 0.3 is 0 Å². The molecule has 2 aromatic rings. The van der Waals surface area contributed by atoms with Gasteiger partial charge in [-0.1, -0.05) is 6.42 Å². The van der Waals surface area contributed by atoms with Gasteiger partial charge in [0, 0.05) is 38.5 Å². The Morgan fingerprint density at radius 3 is 2.79 bits per heavy atom. The summed E-state index contributed by atoms with van der Waals surface area (Å²) in [5.41, 5.74) is 0.799. The van der Waals surface area contributed by atoms with E-state index in [1.807, 2.05) is 4.90 Å². The molecule has 2 atom stereocenters. The standard InChI is InChI=1S/C25H31F2N3O3/c1-32-23-8-5-13-30-22(23)7-2-3-12-29(17-21-19(26)6-4-11-28-21)14-15-33-24-16-18(25(30)31)9-10-20(24)27/h4,6,9-11,16,22-23H,2-3,5,7-8,12-15,17H2,1H3/t22-,23-/m1/s1. The highest BCUT2D eigenvalue weighted by Crippen LogP contribution is 2.28. The molecule has 8 heteroatoms. The molecule has 0 spiro atoms. The van der Waals surface area contributed by atoms with Crippen LogP contribution in [0.4, 0.5) is 8.78 Å². The zero-order valence-electron chi connectivity index (χ0n) is 19.0. The van der Waals surface area contributed by atoms with Crippen molar-refractivity contribution in [1.29, 1.82) is 0 Å². The van der Waals surface area contributed by atoms with Crippen LogP contribution in [0.25, 0.3) is 0 Å². The van der Waals surface area contributed by atoms with E-state index in [0.717, 1.165) is 38.6 Å². The fourth-order valence-corrected chi connectivity index (χ4v) is 4.79. The molecule has 0 unspecified atom stereocenters. The third-order valence-corrected chi connectivity index (χ3v) is 6.56. The highest BCUT2D eigenvalue weighted by Gasteiger charge is 2.34. The number of methoxy groups -OCH3 is 1. The lowest BCUT2D eigenvalue weighted by Crippen LogP contribution is -2.51. The molecule has 33 heavy (non-hydrogen) atoms. The number of hydrogen-bond donors (Lipinski definition) is 0. The van der Waals surface area contributed by atoms with Crippen molar-refractivity contribution in [2.45, 2.75) is 50.8 Å². The number of hydrogen-bond acceptors (Lipinski definition) is 5. The number of rotatable bonds is 3. The molecule has 0 N–H and O–H groups in total. The van der Waals surface area contributed by atoms with Crippen molar-refractivity contribution in [1.82, 2.24) is 14.8 Å². The summed E-state index contributed by atoms with van der Waals surface area (Å²) in [5.74, 6) is -0.906. The van der Waals surface area contributed by atoms with Crippen LogP contribution in [0.15, 0.2) is 36.5 Å². The van der Waals surface area contributed by atoms with Gasteiger partial charge in [-0.3, -0.25) is 14.7 Å². The summed E-state index contributed by atoms with van der Waals surface area (Å²) in [6.07, 6.45) is 5.95. The first-order valence-corrected chi connectivity index (χ1v) is 11.6. The van der Waals surface area contributed by atoms with Crippen LogP contribution in [0.3, 0.4) is 0 Å². The molecule has 1 amide bonds. The van der Waals surface area contributed by atoms with Gasteiger partial charge in [-0.15, -0.1) is 0 Å². The molecular formula is C25H31F2N3O3. The minimum absolute atomic E-state index is 0.0227. The molecule has 0 aliphatic carbocycles. The smallest absolute Gasteiger partial charge is 0.254 e. The maximum Gasteiger partial charge on any atom is 0.254 e. The van der Waals surface area contributed by atoms with Gasteiger partial charge in [0.25, 0.3) is 5.91 Å². The molecule has 2 bridgehead atoms. The third kappa shape index (κ3) is 5.68. The number of piperidine rings is 1. The molecule has 1 aromatic carbocycles. The fraction of sp³-hybridized carbons (Fsp3) is 0.520. The number of aromatic nitrogens is 1. The summed E-state index contributed by atoms with van der Waals surface area (Å²) in [7, 11) is 1.69. The van der Waals surface area contributed by atoms with Gasteiger partial charge in [0.2, 0.25) is 0 Å². The van der Waals surface area contributed by atoms with Crippen molar-refractivity contribution in [2.75, 3.05) is 33.4 Å². The van der Waals surface area contributed by atoms with Gasteiger partial charge in [-0.25, -0.2) is 8.78 Å². The fourth-order valence-electron chi connectivity index (χ4n) is 4.79. The van der Waals surface area contributed by atoms with Gasteiger partial charge < -0.3 is 14.4 Å². The summed E-state index contributed by atoms with van der Waals surface area (Å²) in [6.45, 7) is 2.44. The number of nitrogens with zero attached hydrogens (tertiary/aromatic N) is 3. The van der Waals surface area contributed by atoms with E-state index in [2.05, 4.69) is 9.88 Å². The summed E-state index contributed by atoms with van der Waals surface area (Å²) >= 11 is 0. The number of carbonyl (C=O) groups is 1. The van der Waals surface area contributed by atoms with E-state index in [4.69, 9.17) is 9.47 Å². The molecule has 4 rings (SSSR count). The van der Waals surface area contributed by atoms with Crippen LogP contribution >= 0.6 is 0 Å². The summed E-state index contributed by atoms with van der Waals surface area (Å²) in [6, 6.07) is 7.23. The Hall–Kier alpha value is -2.58. The molecule has 6 nitrogen and oxygen atoms in total. The minimum Gasteiger partial charge on any atom is -0.489 e. The largest absolute Gasteiger partial charge is 0.489 e. The first-order chi connectivity index (χ1) is 16.1. The van der Waals surface area contributed by atoms with Crippen molar-refractivity contribution in [3.8, 4) is 5.75 Å². The van der Waals surface area contributed by atoms with Gasteiger partial charge in [0.1, 0.15) is 12.4 Å². The predicted molar refractivity (Wildman–Crippen MR) is 120 cm³/mol. The SMILES string of the molecule is CO[C@@H]1CCCN2C(=O)c3ccc(F)c(c3)OCCN(Cc3ncccc3F)CCCC[C@H]12. The van der Waals surface area contributed by atoms with E-state index in [1.54, 1.807) is 19.4 Å². The number of ether oxygens (including phenoxy) is 2. The second kappa shape index (κ2) is 11.0. The topological polar surface area (TPSA) is 54.9 Å². The Labute approximate surface area is 193 Å². The van der Waals surface area contributed by atoms with Gasteiger partial charge in [-0.05, 0) is 62.6 Å². The van der Waals surface area contributed by atoms with Crippen molar-refractivity contribution < 1.29 is 23.0 Å². The number of halogens is 2. The van der Waals surface area contributed by atoms with Gasteiger partial charge in [0.15, 0.2) is 11.6 Å². The third-order valence-electron chi connectivity index (χ3n) is 6.56. The molecule has 0 radical (unpaired) electrons. The first-order valence-electron chi connectivity index (χ1n) is 11.6. The van der Waals surface area contributed by atoms with Crippen LogP contribution in [-0.2, 0) is 11.3 Å². The van der Waals surface area contributed by atoms with Crippen molar-refractivity contribution in [3.63, 3.8) is 0 Å². The number of carbonyl (C=O) groups excluding carboxylic acids is 1. The molecule has 0 saturated carbocycles. The zero-order chi connectivity index (χ0) is 23.2. The minimum atomic E-state index is -0.508. The molecule has 1 fully saturated rings. The van der Waals surface area contributed by atoms with Crippen molar-refractivity contribution >= 4 is 5.91 Å². The van der Waals surface area contributed by atoms with E-state index in [-0.39, 0.29) is 36.2 Å². The zero-order valence-corrected chi connectivity index (χ0v) is 19.0. The predicted octanol–water partition coefficient (Wildman–Crippen LogP) is 4.04. The Morgan fingerprint density at radius 1 is 1.09 bits per heavy atom. The quantitative estimate of drug-likeness (QED) is 0.693. The van der Waals surface area contributed by atoms with Crippen LogP contribution < -0.4 is 4.74 Å². The normalized spacial score (nSPS) is 22.9. The average Bonchev–Trinajstić information content (AvgIpc) is 2.83. The van der Waals surface area contributed by atoms with E-state index in [1.165, 1.54) is 24.3 Å². The van der Waals surface area contributed by atoms with E-state index in [0.29, 0.717) is 30.9 Å². The van der Waals surface area contributed by atoms with Crippen LogP contribution in [0.2, 0.25) is 0 Å². The molecule has 1 saturated heterocycles. The van der Waals surface area contributed by atoms with E-state index < -0.39 is 5.82 Å². The van der Waals surface area contributed by atoms with Gasteiger partial charge in [0.05, 0.1) is 17.8 Å². The van der Waals surface area contributed by atoms with Crippen molar-refractivity contribution in [2.24, 2.45) is 0 Å². The summed E-state index contributed by atoms with van der Waals surface area (Å²) < 4.78 is 40.0. The number of amides is 1. The number of pyridine rings is 1. The maximum absolute atomic E-state index is 14.4. The lowest BCUT2D eigenvalue weighted by atomic mass is 9.93. The Morgan fingerprint density at radius 2 is 1.97 bits per heavy atom. The molecule has 2 aliphatic heterocycles. The Balaban J connectivity index is 1.57. The Kier molecular flexibility index (Phi) is 7.88. The second-order valence-electron chi connectivity index (χ2n) is 8.68. The lowest BCUT2D eigenvalue weighted by molar-refractivity contribution is -0.0156. The van der Waals surface area contributed by atoms with Crippen molar-refractivity contribution in [3.05, 3.63) is 59.4 Å². The molecular weight excluding hydrogens is 428 g/mol. The van der Waals surface area contributed by atoms with E-state index >= 15 is 0 Å². The first kappa shape index (κ1) is 23.6. The number of fused-ring (bicyclic) bond motifs is 3. The summed E-state index contributed by atoms with van der Waals surface area (Å²) in [5, 5.41) is 0. The summed E-state index contributed by atoms with van der Waals surface area (Å²) in [4.78, 5) is 21.4. The molecule has 1 aromatic heterocycles. The lowest BCUT2D eigenvalue weighted by Gasteiger charge is -2.41. The van der Waals surface area contributed by atoms with E-state index in [9.17, 15) is 13.6 Å². The van der Waals surface area contributed by atoms with Crippen LogP contribution in [0, 0.1) is 11.6 Å². The highest BCUT2D eigenvalue weighted by atomic mass is 19.1.